The first-order valence-corrected chi connectivity index (χ1v) is 3.55. The Morgan fingerprint density at radius 3 is 2.44 bits per heavy atom. The van der Waals surface area contributed by atoms with Gasteiger partial charge in [0, 0.05) is 17.8 Å². The van der Waals surface area contributed by atoms with Crippen molar-refractivity contribution in [3.63, 3.8) is 0 Å². The summed E-state index contributed by atoms with van der Waals surface area (Å²) in [5, 5.41) is 11.4. The molecule has 3 heteroatoms. The molecule has 0 amide bonds. The highest BCUT2D eigenvalue weighted by Gasteiger charge is 2.08. The lowest BCUT2D eigenvalue weighted by molar-refractivity contribution is 0.291. The van der Waals surface area contributed by atoms with Gasteiger partial charge in [-0.3, -0.25) is 0 Å². The van der Waals surface area contributed by atoms with Gasteiger partial charge in [-0.2, -0.15) is 12.6 Å². The molecule has 0 rings (SSSR count). The van der Waals surface area contributed by atoms with E-state index in [-0.39, 0.29) is 11.4 Å². The highest BCUT2D eigenvalue weighted by molar-refractivity contribution is 7.81. The lowest BCUT2D eigenvalue weighted by atomic mass is 10.2. The molecule has 2 N–H and O–H groups in total. The van der Waals surface area contributed by atoms with Crippen molar-refractivity contribution in [2.24, 2.45) is 0 Å². The van der Waals surface area contributed by atoms with Crippen LogP contribution in [-0.4, -0.2) is 29.5 Å². The number of aliphatic hydroxyl groups excluding tert-OH is 1. The average Bonchev–Trinajstić information content (AvgIpc) is 1.63. The molecule has 0 aromatic rings. The molecule has 0 aromatic carbocycles. The first-order chi connectivity index (χ1) is 4.06. The lowest BCUT2D eigenvalue weighted by Gasteiger charge is -2.16. The zero-order valence-corrected chi connectivity index (χ0v) is 6.91. The van der Waals surface area contributed by atoms with E-state index in [1.807, 2.05) is 13.8 Å². The van der Waals surface area contributed by atoms with Crippen molar-refractivity contribution < 1.29 is 5.11 Å². The molecule has 0 aliphatic heterocycles. The van der Waals surface area contributed by atoms with E-state index in [0.717, 1.165) is 6.54 Å². The summed E-state index contributed by atoms with van der Waals surface area (Å²) in [5.74, 6) is 0. The molecule has 0 aliphatic rings. The van der Waals surface area contributed by atoms with Crippen molar-refractivity contribution in [2.75, 3.05) is 19.7 Å². The zero-order valence-electron chi connectivity index (χ0n) is 6.02. The van der Waals surface area contributed by atoms with Gasteiger partial charge in [0.15, 0.2) is 0 Å². The summed E-state index contributed by atoms with van der Waals surface area (Å²) in [6.07, 6.45) is 0. The number of hydrogen-bond donors (Lipinski definition) is 3. The molecule has 0 spiro atoms. The van der Waals surface area contributed by atoms with Crippen LogP contribution in [0.4, 0.5) is 0 Å². The smallest absolute Gasteiger partial charge is 0.0555 e. The van der Waals surface area contributed by atoms with Crippen molar-refractivity contribution in [3.05, 3.63) is 0 Å². The fourth-order valence-corrected chi connectivity index (χ4v) is 0.585. The molecule has 9 heavy (non-hydrogen) atoms. The Kier molecular flexibility index (Phi) is 4.27. The highest BCUT2D eigenvalue weighted by atomic mass is 32.1. The van der Waals surface area contributed by atoms with Crippen LogP contribution in [0.15, 0.2) is 0 Å². The molecule has 0 saturated carbocycles. The molecule has 0 unspecified atom stereocenters. The molecule has 0 saturated heterocycles. The summed E-state index contributed by atoms with van der Waals surface area (Å²) in [7, 11) is 0. The van der Waals surface area contributed by atoms with Gasteiger partial charge in [-0.05, 0) is 13.8 Å². The normalized spacial score (nSPS) is 12.0. The molecule has 2 nitrogen and oxygen atoms in total. The van der Waals surface area contributed by atoms with E-state index in [9.17, 15) is 0 Å². The van der Waals surface area contributed by atoms with Crippen LogP contribution in [0.25, 0.3) is 0 Å². The molecule has 0 radical (unpaired) electrons. The van der Waals surface area contributed by atoms with Crippen LogP contribution in [0.3, 0.4) is 0 Å². The fraction of sp³-hybridized carbons (Fsp3) is 1.00. The number of hydrogen-bond acceptors (Lipinski definition) is 3. The van der Waals surface area contributed by atoms with Crippen LogP contribution in [0.5, 0.6) is 0 Å². The SMILES string of the molecule is CC(C)(S)CNCCO. The van der Waals surface area contributed by atoms with Crippen molar-refractivity contribution in [2.45, 2.75) is 18.6 Å². The summed E-state index contributed by atoms with van der Waals surface area (Å²) in [6, 6.07) is 0. The summed E-state index contributed by atoms with van der Waals surface area (Å²) < 4.78 is 0.0230. The maximum absolute atomic E-state index is 8.38. The Balaban J connectivity index is 3.07. The van der Waals surface area contributed by atoms with E-state index >= 15 is 0 Å². The molecule has 0 aliphatic carbocycles. The average molecular weight is 149 g/mol. The molecule has 0 atom stereocenters. The van der Waals surface area contributed by atoms with Crippen LogP contribution in [0, 0.1) is 0 Å². The number of aliphatic hydroxyl groups is 1. The van der Waals surface area contributed by atoms with E-state index in [0.29, 0.717) is 6.54 Å². The van der Waals surface area contributed by atoms with E-state index in [4.69, 9.17) is 5.11 Å². The minimum Gasteiger partial charge on any atom is -0.395 e. The van der Waals surface area contributed by atoms with E-state index < -0.39 is 0 Å². The van der Waals surface area contributed by atoms with Crippen LogP contribution in [-0.2, 0) is 0 Å². The Bertz CT molecular complexity index is 69.9. The van der Waals surface area contributed by atoms with E-state index in [1.54, 1.807) is 0 Å². The predicted molar refractivity (Wildman–Crippen MR) is 43.0 cm³/mol. The van der Waals surface area contributed by atoms with Gasteiger partial charge in [0.05, 0.1) is 6.61 Å². The maximum atomic E-state index is 8.38. The molecule has 56 valence electrons. The van der Waals surface area contributed by atoms with Gasteiger partial charge in [-0.1, -0.05) is 0 Å². The third kappa shape index (κ3) is 8.27. The number of rotatable bonds is 4. The van der Waals surface area contributed by atoms with Gasteiger partial charge < -0.3 is 10.4 Å². The molecule has 0 bridgehead atoms. The third-order valence-electron chi connectivity index (χ3n) is 0.846. The predicted octanol–water partition coefficient (Wildman–Crippen LogP) is 0.277. The third-order valence-corrected chi connectivity index (χ3v) is 1.00. The maximum Gasteiger partial charge on any atom is 0.0555 e. The largest absolute Gasteiger partial charge is 0.395 e. The van der Waals surface area contributed by atoms with Crippen LogP contribution < -0.4 is 5.32 Å². The molecule has 0 heterocycles. The molecule has 0 fully saturated rings. The van der Waals surface area contributed by atoms with Gasteiger partial charge in [0.2, 0.25) is 0 Å². The fourth-order valence-electron chi connectivity index (χ4n) is 0.473. The molecular weight excluding hydrogens is 134 g/mol. The van der Waals surface area contributed by atoms with Crippen molar-refractivity contribution in [1.82, 2.24) is 5.32 Å². The molecular formula is C6H15NOS. The van der Waals surface area contributed by atoms with Gasteiger partial charge in [0.1, 0.15) is 0 Å². The summed E-state index contributed by atoms with van der Waals surface area (Å²) >= 11 is 4.28. The van der Waals surface area contributed by atoms with Crippen molar-refractivity contribution in [1.29, 1.82) is 0 Å². The van der Waals surface area contributed by atoms with Crippen molar-refractivity contribution in [3.8, 4) is 0 Å². The summed E-state index contributed by atoms with van der Waals surface area (Å²) in [6.45, 7) is 5.74. The van der Waals surface area contributed by atoms with E-state index in [1.165, 1.54) is 0 Å². The summed E-state index contributed by atoms with van der Waals surface area (Å²) in [4.78, 5) is 0. The topological polar surface area (TPSA) is 32.3 Å². The second-order valence-electron chi connectivity index (χ2n) is 2.71. The Hall–Kier alpha value is 0.270. The van der Waals surface area contributed by atoms with Gasteiger partial charge in [-0.25, -0.2) is 0 Å². The number of nitrogens with one attached hydrogen (secondary N) is 1. The Labute approximate surface area is 62.1 Å². The Morgan fingerprint density at radius 2 is 2.11 bits per heavy atom. The first-order valence-electron chi connectivity index (χ1n) is 3.10. The minimum absolute atomic E-state index is 0.0230. The Morgan fingerprint density at radius 1 is 1.56 bits per heavy atom. The van der Waals surface area contributed by atoms with Gasteiger partial charge >= 0.3 is 0 Å². The second kappa shape index (κ2) is 4.14. The lowest BCUT2D eigenvalue weighted by Crippen LogP contribution is -2.31. The van der Waals surface area contributed by atoms with E-state index in [2.05, 4.69) is 17.9 Å². The minimum atomic E-state index is 0.0230. The molecule has 0 aromatic heterocycles. The quantitative estimate of drug-likeness (QED) is 0.396. The van der Waals surface area contributed by atoms with Gasteiger partial charge in [-0.15, -0.1) is 0 Å². The van der Waals surface area contributed by atoms with Crippen LogP contribution in [0.2, 0.25) is 0 Å². The summed E-state index contributed by atoms with van der Waals surface area (Å²) in [5.41, 5.74) is 0. The van der Waals surface area contributed by atoms with Crippen molar-refractivity contribution >= 4 is 12.6 Å². The second-order valence-corrected chi connectivity index (χ2v) is 3.92. The monoisotopic (exact) mass is 149 g/mol. The van der Waals surface area contributed by atoms with Gasteiger partial charge in [0.25, 0.3) is 0 Å². The number of thiol groups is 1. The highest BCUT2D eigenvalue weighted by Crippen LogP contribution is 2.08. The first kappa shape index (κ1) is 9.27. The van der Waals surface area contributed by atoms with Crippen LogP contribution >= 0.6 is 12.6 Å². The van der Waals surface area contributed by atoms with Crippen LogP contribution in [0.1, 0.15) is 13.8 Å². The standard InChI is InChI=1S/C6H15NOS/c1-6(2,9)5-7-3-4-8/h7-9H,3-5H2,1-2H3. The zero-order chi connectivity index (χ0) is 7.33.